The molecule has 0 aromatic rings. The van der Waals surface area contributed by atoms with Crippen molar-refractivity contribution in [3.63, 3.8) is 0 Å². The Morgan fingerprint density at radius 1 is 1.00 bits per heavy atom. The SMILES string of the molecule is NC(=S)SCCSC(N)=S.[Zn+2]. The van der Waals surface area contributed by atoms with Gasteiger partial charge in [0, 0.05) is 11.5 Å². The van der Waals surface area contributed by atoms with E-state index in [2.05, 4.69) is 24.4 Å². The average molecular weight is 278 g/mol. The van der Waals surface area contributed by atoms with Crippen LogP contribution in [0.5, 0.6) is 0 Å². The van der Waals surface area contributed by atoms with E-state index < -0.39 is 0 Å². The van der Waals surface area contributed by atoms with Gasteiger partial charge in [0.2, 0.25) is 0 Å². The van der Waals surface area contributed by atoms with Gasteiger partial charge in [-0.25, -0.2) is 0 Å². The molecule has 0 aliphatic rings. The topological polar surface area (TPSA) is 52.0 Å². The van der Waals surface area contributed by atoms with Crippen LogP contribution in [0, 0.1) is 0 Å². The van der Waals surface area contributed by atoms with Crippen LogP contribution in [0.25, 0.3) is 0 Å². The van der Waals surface area contributed by atoms with Gasteiger partial charge in [0.25, 0.3) is 0 Å². The summed E-state index contributed by atoms with van der Waals surface area (Å²) in [4.78, 5) is 0. The van der Waals surface area contributed by atoms with Gasteiger partial charge in [-0.3, -0.25) is 0 Å². The van der Waals surface area contributed by atoms with Crippen molar-refractivity contribution in [3.8, 4) is 0 Å². The predicted molar refractivity (Wildman–Crippen MR) is 58.5 cm³/mol. The molecule has 0 saturated carbocycles. The first-order valence-electron chi connectivity index (χ1n) is 2.47. The average Bonchev–Trinajstić information content (AvgIpc) is 1.79. The zero-order chi connectivity index (χ0) is 7.98. The van der Waals surface area contributed by atoms with Gasteiger partial charge in [-0.15, -0.1) is 0 Å². The molecule has 0 aromatic heterocycles. The molecule has 0 rings (SSSR count). The molecule has 0 aliphatic carbocycles. The van der Waals surface area contributed by atoms with Crippen LogP contribution in [0.4, 0.5) is 0 Å². The van der Waals surface area contributed by atoms with Crippen molar-refractivity contribution in [1.29, 1.82) is 0 Å². The van der Waals surface area contributed by atoms with Crippen LogP contribution in [0.15, 0.2) is 0 Å². The van der Waals surface area contributed by atoms with Crippen LogP contribution in [0.2, 0.25) is 0 Å². The van der Waals surface area contributed by atoms with E-state index >= 15 is 0 Å². The minimum atomic E-state index is 0. The Labute approximate surface area is 98.4 Å². The molecule has 7 heteroatoms. The maximum absolute atomic E-state index is 5.23. The second kappa shape index (κ2) is 9.19. The fourth-order valence-electron chi connectivity index (χ4n) is 0.285. The van der Waals surface area contributed by atoms with Gasteiger partial charge in [0.15, 0.2) is 0 Å². The van der Waals surface area contributed by atoms with Gasteiger partial charge in [0.1, 0.15) is 8.64 Å². The normalized spacial score (nSPS) is 8.36. The van der Waals surface area contributed by atoms with Crippen LogP contribution in [-0.4, -0.2) is 20.1 Å². The van der Waals surface area contributed by atoms with E-state index in [-0.39, 0.29) is 19.5 Å². The first-order chi connectivity index (χ1) is 4.63. The second-order valence-corrected chi connectivity index (χ2v) is 5.00. The number of rotatable bonds is 3. The van der Waals surface area contributed by atoms with Crippen molar-refractivity contribution in [3.05, 3.63) is 0 Å². The van der Waals surface area contributed by atoms with E-state index in [4.69, 9.17) is 11.5 Å². The minimum absolute atomic E-state index is 0. The third-order valence-electron chi connectivity index (χ3n) is 0.572. The van der Waals surface area contributed by atoms with E-state index in [1.165, 1.54) is 23.5 Å². The summed E-state index contributed by atoms with van der Waals surface area (Å²) in [7, 11) is 0. The Bertz CT molecular complexity index is 124. The molecule has 0 spiro atoms. The molecule has 2 nitrogen and oxygen atoms in total. The zero-order valence-corrected chi connectivity index (χ0v) is 12.1. The van der Waals surface area contributed by atoms with Gasteiger partial charge in [-0.1, -0.05) is 48.0 Å². The van der Waals surface area contributed by atoms with Crippen LogP contribution < -0.4 is 11.5 Å². The Morgan fingerprint density at radius 3 is 1.45 bits per heavy atom. The van der Waals surface area contributed by atoms with Crippen LogP contribution in [0.1, 0.15) is 0 Å². The molecule has 11 heavy (non-hydrogen) atoms. The molecule has 0 aromatic carbocycles. The van der Waals surface area contributed by atoms with Gasteiger partial charge < -0.3 is 11.5 Å². The molecule has 0 fully saturated rings. The van der Waals surface area contributed by atoms with E-state index in [0.717, 1.165) is 11.5 Å². The van der Waals surface area contributed by atoms with E-state index in [1.54, 1.807) is 0 Å². The summed E-state index contributed by atoms with van der Waals surface area (Å²) in [5.41, 5.74) is 10.5. The molecule has 0 saturated heterocycles. The Hall–Kier alpha value is 1.10. The quantitative estimate of drug-likeness (QED) is 0.455. The van der Waals surface area contributed by atoms with Crippen LogP contribution in [-0.2, 0) is 19.5 Å². The van der Waals surface area contributed by atoms with Crippen molar-refractivity contribution in [2.24, 2.45) is 11.5 Å². The fraction of sp³-hybridized carbons (Fsp3) is 0.500. The molecule has 0 heterocycles. The van der Waals surface area contributed by atoms with E-state index in [0.29, 0.717) is 8.64 Å². The van der Waals surface area contributed by atoms with Crippen LogP contribution >= 0.6 is 48.0 Å². The molecule has 0 bridgehead atoms. The largest absolute Gasteiger partial charge is 2.00 e. The smallest absolute Gasteiger partial charge is 0.385 e. The van der Waals surface area contributed by atoms with E-state index in [9.17, 15) is 0 Å². The van der Waals surface area contributed by atoms with Crippen molar-refractivity contribution < 1.29 is 19.5 Å². The summed E-state index contributed by atoms with van der Waals surface area (Å²) in [5.74, 6) is 1.74. The van der Waals surface area contributed by atoms with Gasteiger partial charge in [-0.05, 0) is 0 Å². The number of thioether (sulfide) groups is 2. The standard InChI is InChI=1S/C4H8N2S4.Zn/c5-3(7)9-1-2-10-4(6)8;/h1-2H2,(H2,5,7)(H2,6,8);/q;+2. The van der Waals surface area contributed by atoms with Crippen molar-refractivity contribution in [2.45, 2.75) is 0 Å². The number of thiocarbonyl (C=S) groups is 2. The molecule has 0 amide bonds. The van der Waals surface area contributed by atoms with E-state index in [1.807, 2.05) is 0 Å². The first-order valence-corrected chi connectivity index (χ1v) is 5.26. The summed E-state index contributed by atoms with van der Waals surface area (Å²) in [5, 5.41) is 0. The fourth-order valence-corrected chi connectivity index (χ4v) is 1.85. The number of hydrogen-bond acceptors (Lipinski definition) is 4. The van der Waals surface area contributed by atoms with Gasteiger partial charge in [-0.2, -0.15) is 0 Å². The van der Waals surface area contributed by atoms with Gasteiger partial charge in [0.05, 0.1) is 0 Å². The second-order valence-electron chi connectivity index (χ2n) is 1.33. The Balaban J connectivity index is 0. The third-order valence-corrected chi connectivity index (χ3v) is 2.92. The summed E-state index contributed by atoms with van der Waals surface area (Å²) in [6, 6.07) is 0. The zero-order valence-electron chi connectivity index (χ0n) is 5.91. The molecule has 4 N–H and O–H groups in total. The summed E-state index contributed by atoms with van der Waals surface area (Å²) < 4.78 is 0.951. The summed E-state index contributed by atoms with van der Waals surface area (Å²) in [6.45, 7) is 0. The Kier molecular flexibility index (Phi) is 12.2. The number of nitrogens with two attached hydrogens (primary N) is 2. The summed E-state index contributed by atoms with van der Waals surface area (Å²) >= 11 is 12.2. The third kappa shape index (κ3) is 14.0. The maximum Gasteiger partial charge on any atom is 2.00 e. The molecule has 0 unspecified atom stereocenters. The molecular weight excluding hydrogens is 270 g/mol. The van der Waals surface area contributed by atoms with Gasteiger partial charge >= 0.3 is 19.5 Å². The Morgan fingerprint density at radius 2 is 1.27 bits per heavy atom. The molecule has 0 radical (unpaired) electrons. The monoisotopic (exact) mass is 276 g/mol. The predicted octanol–water partition coefficient (Wildman–Crippen LogP) is 0.938. The summed E-state index contributed by atoms with van der Waals surface area (Å²) in [6.07, 6.45) is 0. The molecular formula is C4H8N2S4Zn+2. The molecule has 0 atom stereocenters. The maximum atomic E-state index is 5.23. The molecule has 0 aliphatic heterocycles. The van der Waals surface area contributed by atoms with Crippen molar-refractivity contribution >= 4 is 56.6 Å². The number of hydrogen-bond donors (Lipinski definition) is 2. The van der Waals surface area contributed by atoms with Crippen molar-refractivity contribution in [2.75, 3.05) is 11.5 Å². The minimum Gasteiger partial charge on any atom is -0.385 e. The molecule has 58 valence electrons. The van der Waals surface area contributed by atoms with Crippen molar-refractivity contribution in [1.82, 2.24) is 0 Å². The van der Waals surface area contributed by atoms with Crippen LogP contribution in [0.3, 0.4) is 0 Å². The first kappa shape index (κ1) is 14.6.